The quantitative estimate of drug-likeness (QED) is 0.447. The van der Waals surface area contributed by atoms with E-state index in [-0.39, 0.29) is 11.0 Å². The summed E-state index contributed by atoms with van der Waals surface area (Å²) in [6, 6.07) is 16.7. The van der Waals surface area contributed by atoms with Gasteiger partial charge in [-0.3, -0.25) is 14.9 Å². The zero-order valence-corrected chi connectivity index (χ0v) is 19.9. The highest BCUT2D eigenvalue weighted by molar-refractivity contribution is 7.80. The zero-order valence-electron chi connectivity index (χ0n) is 18.2. The van der Waals surface area contributed by atoms with Gasteiger partial charge in [0.05, 0.1) is 5.56 Å². The highest BCUT2D eigenvalue weighted by Gasteiger charge is 2.27. The molecule has 1 heterocycles. The van der Waals surface area contributed by atoms with Crippen LogP contribution in [0.4, 0.5) is 5.00 Å². The van der Waals surface area contributed by atoms with Gasteiger partial charge in [-0.05, 0) is 66.7 Å². The molecule has 4 rings (SSSR count). The van der Waals surface area contributed by atoms with Crippen LogP contribution in [0.3, 0.4) is 0 Å². The molecule has 2 aromatic carbocycles. The molecule has 0 saturated carbocycles. The van der Waals surface area contributed by atoms with E-state index in [1.54, 1.807) is 24.3 Å². The summed E-state index contributed by atoms with van der Waals surface area (Å²) >= 11 is 6.83. The molecule has 8 heteroatoms. The molecule has 1 aliphatic carbocycles. The van der Waals surface area contributed by atoms with E-state index >= 15 is 0 Å². The van der Waals surface area contributed by atoms with Gasteiger partial charge in [-0.25, -0.2) is 0 Å². The van der Waals surface area contributed by atoms with Crippen molar-refractivity contribution in [3.05, 3.63) is 81.7 Å². The Morgan fingerprint density at radius 1 is 1.18 bits per heavy atom. The van der Waals surface area contributed by atoms with Gasteiger partial charge in [0.25, 0.3) is 11.8 Å². The molecule has 1 aromatic heterocycles. The van der Waals surface area contributed by atoms with Crippen LogP contribution in [0.2, 0.25) is 0 Å². The monoisotopic (exact) mass is 479 g/mol. The lowest BCUT2D eigenvalue weighted by Gasteiger charge is -2.18. The van der Waals surface area contributed by atoms with E-state index in [2.05, 4.69) is 17.6 Å². The van der Waals surface area contributed by atoms with E-state index < -0.39 is 5.91 Å². The number of hydrogen-bond donors (Lipinski definition) is 3. The minimum absolute atomic E-state index is 0.116. The SMILES string of the molecule is CC1CCc2c(sc(NC(=S)NC(=O)c3cccc(OCc4ccccc4)c3)c2C(N)=O)C1. The maximum absolute atomic E-state index is 12.7. The van der Waals surface area contributed by atoms with E-state index in [0.29, 0.717) is 34.4 Å². The minimum Gasteiger partial charge on any atom is -0.489 e. The number of hydrogen-bond acceptors (Lipinski definition) is 5. The standard InChI is InChI=1S/C25H25N3O3S2/c1-15-10-11-19-20(12-15)33-24(21(19)22(26)29)28-25(32)27-23(30)17-8-5-9-18(13-17)31-14-16-6-3-2-4-7-16/h2-9,13,15H,10-12,14H2,1H3,(H2,26,29)(H2,27,28,30,32). The van der Waals surface area contributed by atoms with E-state index in [1.807, 2.05) is 30.3 Å². The average molecular weight is 480 g/mol. The smallest absolute Gasteiger partial charge is 0.257 e. The minimum atomic E-state index is -0.484. The van der Waals surface area contributed by atoms with Crippen LogP contribution >= 0.6 is 23.6 Å². The third kappa shape index (κ3) is 5.58. The molecule has 4 N–H and O–H groups in total. The summed E-state index contributed by atoms with van der Waals surface area (Å²) < 4.78 is 5.80. The van der Waals surface area contributed by atoms with Gasteiger partial charge in [-0.1, -0.05) is 43.3 Å². The summed E-state index contributed by atoms with van der Waals surface area (Å²) in [7, 11) is 0. The Morgan fingerprint density at radius 2 is 1.97 bits per heavy atom. The van der Waals surface area contributed by atoms with Crippen LogP contribution in [0, 0.1) is 5.92 Å². The predicted octanol–water partition coefficient (Wildman–Crippen LogP) is 4.68. The van der Waals surface area contributed by atoms with Crippen LogP contribution in [-0.2, 0) is 19.4 Å². The Hall–Kier alpha value is -3.23. The van der Waals surface area contributed by atoms with Crippen molar-refractivity contribution in [1.82, 2.24) is 5.32 Å². The zero-order chi connectivity index (χ0) is 23.4. The Labute approximate surface area is 202 Å². The van der Waals surface area contributed by atoms with Crippen molar-refractivity contribution in [2.24, 2.45) is 11.7 Å². The molecule has 0 radical (unpaired) electrons. The number of nitrogens with one attached hydrogen (secondary N) is 2. The van der Waals surface area contributed by atoms with Gasteiger partial charge in [-0.15, -0.1) is 11.3 Å². The van der Waals surface area contributed by atoms with Crippen LogP contribution in [0.25, 0.3) is 0 Å². The third-order valence-electron chi connectivity index (χ3n) is 5.56. The van der Waals surface area contributed by atoms with Crippen molar-refractivity contribution in [3.63, 3.8) is 0 Å². The first-order valence-electron chi connectivity index (χ1n) is 10.7. The van der Waals surface area contributed by atoms with Gasteiger partial charge in [0.2, 0.25) is 0 Å². The number of nitrogens with two attached hydrogens (primary N) is 1. The van der Waals surface area contributed by atoms with Gasteiger partial charge in [0.15, 0.2) is 5.11 Å². The Kier molecular flexibility index (Phi) is 7.05. The third-order valence-corrected chi connectivity index (χ3v) is 6.93. The second kappa shape index (κ2) is 10.1. The first kappa shape index (κ1) is 22.9. The van der Waals surface area contributed by atoms with Crippen molar-refractivity contribution in [2.75, 3.05) is 5.32 Å². The maximum atomic E-state index is 12.7. The molecule has 170 valence electrons. The number of anilines is 1. The second-order valence-electron chi connectivity index (χ2n) is 8.13. The molecule has 0 aliphatic heterocycles. The number of thiocarbonyl (C=S) groups is 1. The van der Waals surface area contributed by atoms with Gasteiger partial charge < -0.3 is 15.8 Å². The topological polar surface area (TPSA) is 93.4 Å². The number of thiophene rings is 1. The van der Waals surface area contributed by atoms with Crippen molar-refractivity contribution in [3.8, 4) is 5.75 Å². The lowest BCUT2D eigenvalue weighted by molar-refractivity contribution is 0.0975. The van der Waals surface area contributed by atoms with Crippen LogP contribution in [0.5, 0.6) is 5.75 Å². The molecular weight excluding hydrogens is 454 g/mol. The summed E-state index contributed by atoms with van der Waals surface area (Å²) in [4.78, 5) is 26.0. The van der Waals surface area contributed by atoms with Gasteiger partial charge in [0, 0.05) is 10.4 Å². The first-order valence-corrected chi connectivity index (χ1v) is 12.0. The Balaban J connectivity index is 1.41. The van der Waals surface area contributed by atoms with E-state index in [4.69, 9.17) is 22.7 Å². The molecular formula is C25H25N3O3S2. The molecule has 1 unspecified atom stereocenters. The normalized spacial score (nSPS) is 14.8. The van der Waals surface area contributed by atoms with Crippen LogP contribution in [0.1, 0.15) is 50.1 Å². The van der Waals surface area contributed by atoms with Gasteiger partial charge in [-0.2, -0.15) is 0 Å². The Morgan fingerprint density at radius 3 is 2.73 bits per heavy atom. The lowest BCUT2D eigenvalue weighted by atomic mass is 9.88. The van der Waals surface area contributed by atoms with Crippen molar-refractivity contribution >= 4 is 45.5 Å². The van der Waals surface area contributed by atoms with E-state index in [9.17, 15) is 9.59 Å². The number of carbonyl (C=O) groups is 2. The number of benzene rings is 2. The molecule has 0 spiro atoms. The van der Waals surface area contributed by atoms with Crippen molar-refractivity contribution < 1.29 is 14.3 Å². The lowest BCUT2D eigenvalue weighted by Crippen LogP contribution is -2.34. The molecule has 6 nitrogen and oxygen atoms in total. The van der Waals surface area contributed by atoms with Crippen molar-refractivity contribution in [1.29, 1.82) is 0 Å². The molecule has 1 atom stereocenters. The number of primary amides is 1. The maximum Gasteiger partial charge on any atom is 0.257 e. The fourth-order valence-corrected chi connectivity index (χ4v) is 5.56. The summed E-state index contributed by atoms with van der Waals surface area (Å²) in [5, 5.41) is 6.40. The number of ether oxygens (including phenoxy) is 1. The summed E-state index contributed by atoms with van der Waals surface area (Å²) in [5.41, 5.74) is 8.60. The average Bonchev–Trinajstić information content (AvgIpc) is 3.15. The number of fused-ring (bicyclic) bond motifs is 1. The molecule has 0 bridgehead atoms. The molecule has 1 aliphatic rings. The van der Waals surface area contributed by atoms with Crippen LogP contribution in [0.15, 0.2) is 54.6 Å². The van der Waals surface area contributed by atoms with Crippen molar-refractivity contribution in [2.45, 2.75) is 32.8 Å². The molecule has 0 fully saturated rings. The number of amides is 2. The summed E-state index contributed by atoms with van der Waals surface area (Å²) in [6.45, 7) is 2.60. The molecule has 33 heavy (non-hydrogen) atoms. The number of rotatable bonds is 6. The van der Waals surface area contributed by atoms with Crippen LogP contribution in [-0.4, -0.2) is 16.9 Å². The van der Waals surface area contributed by atoms with Crippen LogP contribution < -0.4 is 21.1 Å². The fourth-order valence-electron chi connectivity index (χ4n) is 3.88. The predicted molar refractivity (Wildman–Crippen MR) is 135 cm³/mol. The molecule has 0 saturated heterocycles. The Bertz CT molecular complexity index is 1190. The fraction of sp³-hybridized carbons (Fsp3) is 0.240. The molecule has 3 aromatic rings. The second-order valence-corrected chi connectivity index (χ2v) is 9.64. The van der Waals surface area contributed by atoms with E-state index in [1.165, 1.54) is 11.3 Å². The summed E-state index contributed by atoms with van der Waals surface area (Å²) in [5.74, 6) is 0.296. The van der Waals surface area contributed by atoms with Gasteiger partial charge in [0.1, 0.15) is 17.4 Å². The largest absolute Gasteiger partial charge is 0.489 e. The highest BCUT2D eigenvalue weighted by atomic mass is 32.1. The van der Waals surface area contributed by atoms with Gasteiger partial charge >= 0.3 is 0 Å². The van der Waals surface area contributed by atoms with E-state index in [0.717, 1.165) is 35.3 Å². The highest BCUT2D eigenvalue weighted by Crippen LogP contribution is 2.39. The number of carbonyl (C=O) groups excluding carboxylic acids is 2. The summed E-state index contributed by atoms with van der Waals surface area (Å²) in [6.07, 6.45) is 2.76. The first-order chi connectivity index (χ1) is 15.9. The molecule has 2 amide bonds.